The molecule has 0 fully saturated rings. The van der Waals surface area contributed by atoms with Crippen molar-refractivity contribution < 1.29 is 14.8 Å². The van der Waals surface area contributed by atoms with Gasteiger partial charge in [0.15, 0.2) is 5.82 Å². The van der Waals surface area contributed by atoms with Crippen LogP contribution in [0.4, 0.5) is 11.6 Å². The van der Waals surface area contributed by atoms with Crippen LogP contribution in [0, 0.1) is 10.1 Å². The van der Waals surface area contributed by atoms with E-state index < -0.39 is 16.9 Å². The first kappa shape index (κ1) is 17.5. The van der Waals surface area contributed by atoms with Crippen molar-refractivity contribution >= 4 is 17.5 Å². The number of amides is 1. The summed E-state index contributed by atoms with van der Waals surface area (Å²) in [5, 5.41) is 27.8. The quantitative estimate of drug-likeness (QED) is 0.512. The molecule has 0 spiro atoms. The number of nitro benzene ring substituents is 1. The summed E-state index contributed by atoms with van der Waals surface area (Å²) < 4.78 is 1.43. The van der Waals surface area contributed by atoms with E-state index >= 15 is 0 Å². The molecule has 10 heteroatoms. The lowest BCUT2D eigenvalue weighted by molar-refractivity contribution is -0.385. The standard InChI is InChI=1S/C16H18N6O4/c1-9-13(15(17)24)14(10-5-2-3-6-11(10)22(25)26)21-16(18-9)19-12(20-21)7-4-8-23/h2-3,5-6,14,23H,4,7-8H2,1H3,(H2,17,24)(H,18,19,20). The van der Waals surface area contributed by atoms with E-state index in [0.29, 0.717) is 35.9 Å². The third kappa shape index (κ3) is 3.02. The van der Waals surface area contributed by atoms with Gasteiger partial charge in [-0.1, -0.05) is 12.1 Å². The maximum atomic E-state index is 12.1. The van der Waals surface area contributed by atoms with Crippen LogP contribution in [0.15, 0.2) is 35.5 Å². The number of allylic oxidation sites excluding steroid dienone is 1. The summed E-state index contributed by atoms with van der Waals surface area (Å²) >= 11 is 0. The smallest absolute Gasteiger partial charge is 0.275 e. The molecule has 2 heterocycles. The monoisotopic (exact) mass is 358 g/mol. The average Bonchev–Trinajstić information content (AvgIpc) is 3.00. The minimum atomic E-state index is -0.860. The average molecular weight is 358 g/mol. The zero-order chi connectivity index (χ0) is 18.8. The number of anilines is 1. The van der Waals surface area contributed by atoms with Gasteiger partial charge in [-0.05, 0) is 19.4 Å². The number of aryl methyl sites for hydroxylation is 1. The van der Waals surface area contributed by atoms with Crippen molar-refractivity contribution in [2.75, 3.05) is 11.9 Å². The van der Waals surface area contributed by atoms with Crippen molar-refractivity contribution in [3.8, 4) is 0 Å². The summed E-state index contributed by atoms with van der Waals surface area (Å²) in [7, 11) is 0. The number of rotatable bonds is 6. The third-order valence-corrected chi connectivity index (χ3v) is 4.15. The second-order valence-corrected chi connectivity index (χ2v) is 5.87. The molecule has 1 aromatic carbocycles. The Labute approximate surface area is 148 Å². The number of carbonyl (C=O) groups excluding carboxylic acids is 1. The number of aromatic nitrogens is 3. The fourth-order valence-electron chi connectivity index (χ4n) is 3.03. The number of benzene rings is 1. The van der Waals surface area contributed by atoms with E-state index in [9.17, 15) is 14.9 Å². The SMILES string of the molecule is CC1=C(C(N)=O)C(c2ccccc2[N+](=O)[O-])n2nc(CCCO)nc2N1. The Kier molecular flexibility index (Phi) is 4.67. The Morgan fingerprint density at radius 2 is 2.19 bits per heavy atom. The largest absolute Gasteiger partial charge is 0.396 e. The molecule has 0 saturated heterocycles. The van der Waals surface area contributed by atoms with Gasteiger partial charge in [0.05, 0.1) is 16.1 Å². The fraction of sp³-hybridized carbons (Fsp3) is 0.312. The molecule has 1 aromatic heterocycles. The van der Waals surface area contributed by atoms with Gasteiger partial charge < -0.3 is 16.2 Å². The van der Waals surface area contributed by atoms with Crippen LogP contribution in [0.2, 0.25) is 0 Å². The van der Waals surface area contributed by atoms with Crippen molar-refractivity contribution in [1.82, 2.24) is 14.8 Å². The van der Waals surface area contributed by atoms with Gasteiger partial charge >= 0.3 is 0 Å². The van der Waals surface area contributed by atoms with E-state index in [4.69, 9.17) is 10.8 Å². The second-order valence-electron chi connectivity index (χ2n) is 5.87. The number of nitrogens with two attached hydrogens (primary N) is 1. The highest BCUT2D eigenvalue weighted by Crippen LogP contribution is 2.38. The number of aliphatic hydroxyl groups is 1. The maximum Gasteiger partial charge on any atom is 0.275 e. The molecule has 10 nitrogen and oxygen atoms in total. The van der Waals surface area contributed by atoms with Gasteiger partial charge in [-0.15, -0.1) is 0 Å². The topological polar surface area (TPSA) is 149 Å². The van der Waals surface area contributed by atoms with E-state index in [2.05, 4.69) is 15.4 Å². The first-order chi connectivity index (χ1) is 12.4. The van der Waals surface area contributed by atoms with Crippen LogP contribution in [0.25, 0.3) is 0 Å². The number of carbonyl (C=O) groups is 1. The molecule has 1 atom stereocenters. The first-order valence-electron chi connectivity index (χ1n) is 8.01. The fourth-order valence-corrected chi connectivity index (χ4v) is 3.03. The summed E-state index contributed by atoms with van der Waals surface area (Å²) in [6, 6.07) is 5.29. The molecule has 136 valence electrons. The minimum Gasteiger partial charge on any atom is -0.396 e. The third-order valence-electron chi connectivity index (χ3n) is 4.15. The molecular formula is C16H18N6O4. The van der Waals surface area contributed by atoms with E-state index in [1.54, 1.807) is 25.1 Å². The van der Waals surface area contributed by atoms with Crippen molar-refractivity contribution in [2.45, 2.75) is 25.8 Å². The molecule has 1 amide bonds. The molecule has 0 bridgehead atoms. The lowest BCUT2D eigenvalue weighted by Crippen LogP contribution is -2.32. The highest BCUT2D eigenvalue weighted by Gasteiger charge is 2.36. The summed E-state index contributed by atoms with van der Waals surface area (Å²) in [4.78, 5) is 27.4. The Hall–Kier alpha value is -3.27. The Morgan fingerprint density at radius 3 is 2.85 bits per heavy atom. The molecule has 1 aliphatic heterocycles. The number of nitrogens with one attached hydrogen (secondary N) is 1. The Balaban J connectivity index is 2.19. The normalized spacial score (nSPS) is 16.2. The summed E-state index contributed by atoms with van der Waals surface area (Å²) in [6.07, 6.45) is 0.918. The van der Waals surface area contributed by atoms with E-state index in [1.165, 1.54) is 10.7 Å². The first-order valence-corrected chi connectivity index (χ1v) is 8.01. The van der Waals surface area contributed by atoms with Crippen LogP contribution in [0.5, 0.6) is 0 Å². The number of hydrogen-bond donors (Lipinski definition) is 3. The number of hydrogen-bond acceptors (Lipinski definition) is 7. The van der Waals surface area contributed by atoms with Gasteiger partial charge in [0, 0.05) is 24.8 Å². The molecule has 4 N–H and O–H groups in total. The van der Waals surface area contributed by atoms with Crippen molar-refractivity contribution in [2.24, 2.45) is 5.73 Å². The summed E-state index contributed by atoms with van der Waals surface area (Å²) in [5.74, 6) is 0.128. The molecule has 3 rings (SSSR count). The minimum absolute atomic E-state index is 0.00526. The highest BCUT2D eigenvalue weighted by molar-refractivity contribution is 5.95. The predicted octanol–water partition coefficient (Wildman–Crippen LogP) is 0.885. The van der Waals surface area contributed by atoms with Crippen LogP contribution in [-0.2, 0) is 11.2 Å². The molecule has 2 aromatic rings. The Morgan fingerprint density at radius 1 is 1.46 bits per heavy atom. The van der Waals surface area contributed by atoms with E-state index in [0.717, 1.165) is 0 Å². The van der Waals surface area contributed by atoms with Crippen molar-refractivity contribution in [3.63, 3.8) is 0 Å². The van der Waals surface area contributed by atoms with Crippen LogP contribution in [-0.4, -0.2) is 37.3 Å². The predicted molar refractivity (Wildman–Crippen MR) is 92.2 cm³/mol. The zero-order valence-electron chi connectivity index (χ0n) is 14.0. The van der Waals surface area contributed by atoms with Crippen LogP contribution >= 0.6 is 0 Å². The van der Waals surface area contributed by atoms with Crippen LogP contribution < -0.4 is 11.1 Å². The molecule has 1 unspecified atom stereocenters. The second kappa shape index (κ2) is 6.92. The maximum absolute atomic E-state index is 12.1. The van der Waals surface area contributed by atoms with Gasteiger partial charge in [-0.2, -0.15) is 10.1 Å². The molecular weight excluding hydrogens is 340 g/mol. The van der Waals surface area contributed by atoms with E-state index in [-0.39, 0.29) is 17.9 Å². The molecule has 0 aliphatic carbocycles. The lowest BCUT2D eigenvalue weighted by atomic mass is 9.94. The van der Waals surface area contributed by atoms with E-state index in [1.807, 2.05) is 0 Å². The van der Waals surface area contributed by atoms with Gasteiger partial charge in [0.25, 0.3) is 5.69 Å². The molecule has 1 aliphatic rings. The number of para-hydroxylation sites is 1. The number of primary amides is 1. The highest BCUT2D eigenvalue weighted by atomic mass is 16.6. The van der Waals surface area contributed by atoms with Crippen LogP contribution in [0.1, 0.15) is 30.8 Å². The van der Waals surface area contributed by atoms with Gasteiger partial charge in [0.2, 0.25) is 11.9 Å². The number of fused-ring (bicyclic) bond motifs is 1. The summed E-state index contributed by atoms with van der Waals surface area (Å²) in [6.45, 7) is 1.65. The zero-order valence-corrected chi connectivity index (χ0v) is 14.0. The lowest BCUT2D eigenvalue weighted by Gasteiger charge is -2.27. The van der Waals surface area contributed by atoms with Crippen molar-refractivity contribution in [3.05, 3.63) is 57.0 Å². The molecule has 0 saturated carbocycles. The number of nitro groups is 1. The van der Waals surface area contributed by atoms with Gasteiger partial charge in [-0.3, -0.25) is 14.9 Å². The van der Waals surface area contributed by atoms with Gasteiger partial charge in [0.1, 0.15) is 6.04 Å². The molecule has 0 radical (unpaired) electrons. The van der Waals surface area contributed by atoms with Crippen LogP contribution in [0.3, 0.4) is 0 Å². The number of nitrogens with zero attached hydrogens (tertiary/aromatic N) is 4. The van der Waals surface area contributed by atoms with Gasteiger partial charge in [-0.25, -0.2) is 4.68 Å². The van der Waals surface area contributed by atoms with Crippen molar-refractivity contribution in [1.29, 1.82) is 0 Å². The summed E-state index contributed by atoms with van der Waals surface area (Å²) in [5.41, 5.74) is 6.37. The molecule has 26 heavy (non-hydrogen) atoms. The number of aliphatic hydroxyl groups excluding tert-OH is 1. The Bertz CT molecular complexity index is 904.